The van der Waals surface area contributed by atoms with Crippen LogP contribution in [-0.4, -0.2) is 63.1 Å². The second kappa shape index (κ2) is 10.9. The van der Waals surface area contributed by atoms with E-state index in [0.717, 1.165) is 31.2 Å². The molecule has 0 spiro atoms. The number of halogens is 3. The van der Waals surface area contributed by atoms with Crippen LogP contribution in [0.15, 0.2) is 18.3 Å². The fraction of sp³-hybridized carbons (Fsp3) is 0.700. The van der Waals surface area contributed by atoms with Gasteiger partial charge in [0.2, 0.25) is 5.88 Å². The zero-order valence-electron chi connectivity index (χ0n) is 17.5. The molecule has 2 aliphatic rings. The van der Waals surface area contributed by atoms with Crippen molar-refractivity contribution < 1.29 is 35.9 Å². The van der Waals surface area contributed by atoms with E-state index < -0.39 is 27.6 Å². The van der Waals surface area contributed by atoms with Crippen LogP contribution >= 0.6 is 0 Å². The standard InChI is InChI=1S/C20H28F3N3O5S/c21-20(22,23)32(28,29)26-17-4-2-9-24-18(17)13-31-15-7-5-14(6-8-15)16-3-1-10-25-19(16)30-12-11-27/h1,3,10-11,14-15,17-18,24,26H,2,4-9,12-13H2/t14-,15+,17-,18-/m0/s1. The van der Waals surface area contributed by atoms with Gasteiger partial charge < -0.3 is 14.8 Å². The molecule has 1 aromatic heterocycles. The SMILES string of the molecule is O=CCOc1ncccc1[C@H]1CC[C@@H](OC[C@@H]2NCCC[C@@H]2NS(=O)(=O)C(F)(F)F)CC1. The number of carbonyl (C=O) groups excluding carboxylic acids is 1. The summed E-state index contributed by atoms with van der Waals surface area (Å²) in [5, 5.41) is 3.07. The summed E-state index contributed by atoms with van der Waals surface area (Å²) < 4.78 is 74.4. The van der Waals surface area contributed by atoms with Crippen LogP contribution < -0.4 is 14.8 Å². The molecule has 0 bridgehead atoms. The minimum absolute atomic E-state index is 0.0594. The van der Waals surface area contributed by atoms with Crippen LogP contribution in [0.25, 0.3) is 0 Å². The van der Waals surface area contributed by atoms with E-state index in [0.29, 0.717) is 31.6 Å². The topological polar surface area (TPSA) is 107 Å². The van der Waals surface area contributed by atoms with E-state index >= 15 is 0 Å². The second-order valence-corrected chi connectivity index (χ2v) is 9.76. The molecular weight excluding hydrogens is 451 g/mol. The van der Waals surface area contributed by atoms with Crippen LogP contribution in [0.5, 0.6) is 5.88 Å². The fourth-order valence-electron chi connectivity index (χ4n) is 4.26. The number of aromatic nitrogens is 1. The summed E-state index contributed by atoms with van der Waals surface area (Å²) in [5.74, 6) is 0.666. The van der Waals surface area contributed by atoms with Gasteiger partial charge in [0.15, 0.2) is 6.29 Å². The van der Waals surface area contributed by atoms with Gasteiger partial charge in [-0.25, -0.2) is 18.1 Å². The van der Waals surface area contributed by atoms with Crippen molar-refractivity contribution in [3.05, 3.63) is 23.9 Å². The summed E-state index contributed by atoms with van der Waals surface area (Å²) in [5.41, 5.74) is -4.39. The Hall–Kier alpha value is -1.76. The smallest absolute Gasteiger partial charge is 0.470 e. The lowest BCUT2D eigenvalue weighted by molar-refractivity contribution is -0.109. The first-order chi connectivity index (χ1) is 15.2. The van der Waals surface area contributed by atoms with Crippen molar-refractivity contribution in [2.45, 2.75) is 68.1 Å². The first kappa shape index (κ1) is 24.9. The zero-order chi connectivity index (χ0) is 23.2. The molecule has 2 atom stereocenters. The van der Waals surface area contributed by atoms with E-state index in [9.17, 15) is 26.4 Å². The van der Waals surface area contributed by atoms with Crippen molar-refractivity contribution in [2.75, 3.05) is 19.8 Å². The van der Waals surface area contributed by atoms with Gasteiger partial charge in [0.05, 0.1) is 12.7 Å². The first-order valence-electron chi connectivity index (χ1n) is 10.7. The second-order valence-electron chi connectivity index (χ2n) is 8.06. The molecule has 180 valence electrons. The molecule has 1 aliphatic heterocycles. The lowest BCUT2D eigenvalue weighted by Crippen LogP contribution is -2.57. The average Bonchev–Trinajstić information content (AvgIpc) is 2.77. The van der Waals surface area contributed by atoms with Gasteiger partial charge in [-0.05, 0) is 57.1 Å². The molecular formula is C20H28F3N3O5S. The minimum Gasteiger partial charge on any atom is -0.470 e. The van der Waals surface area contributed by atoms with Gasteiger partial charge in [0.1, 0.15) is 6.61 Å². The number of alkyl halides is 3. The number of sulfonamides is 1. The summed E-state index contributed by atoms with van der Waals surface area (Å²) in [4.78, 5) is 14.8. The summed E-state index contributed by atoms with van der Waals surface area (Å²) in [6.07, 6.45) is 6.23. The first-order valence-corrected chi connectivity index (χ1v) is 12.1. The van der Waals surface area contributed by atoms with Gasteiger partial charge >= 0.3 is 15.5 Å². The third-order valence-corrected chi connectivity index (χ3v) is 7.13. The van der Waals surface area contributed by atoms with Crippen LogP contribution in [0.3, 0.4) is 0 Å². The molecule has 0 unspecified atom stereocenters. The normalized spacial score (nSPS) is 27.1. The Morgan fingerprint density at radius 1 is 1.22 bits per heavy atom. The molecule has 3 rings (SSSR count). The van der Waals surface area contributed by atoms with Crippen molar-refractivity contribution in [1.82, 2.24) is 15.0 Å². The van der Waals surface area contributed by atoms with Crippen molar-refractivity contribution in [3.63, 3.8) is 0 Å². The summed E-state index contributed by atoms with van der Waals surface area (Å²) >= 11 is 0. The number of rotatable bonds is 9. The number of piperidine rings is 1. The molecule has 1 aliphatic carbocycles. The van der Waals surface area contributed by atoms with E-state index in [-0.39, 0.29) is 25.2 Å². The van der Waals surface area contributed by atoms with E-state index in [1.54, 1.807) is 10.9 Å². The van der Waals surface area contributed by atoms with Gasteiger partial charge in [-0.3, -0.25) is 4.79 Å². The number of nitrogens with zero attached hydrogens (tertiary/aromatic N) is 1. The number of nitrogens with one attached hydrogen (secondary N) is 2. The molecule has 0 amide bonds. The highest BCUT2D eigenvalue weighted by molar-refractivity contribution is 7.90. The lowest BCUT2D eigenvalue weighted by atomic mass is 9.83. The maximum atomic E-state index is 12.7. The monoisotopic (exact) mass is 479 g/mol. The predicted octanol–water partition coefficient (Wildman–Crippen LogP) is 2.26. The van der Waals surface area contributed by atoms with E-state index in [2.05, 4.69) is 10.3 Å². The zero-order valence-corrected chi connectivity index (χ0v) is 18.3. The van der Waals surface area contributed by atoms with E-state index in [4.69, 9.17) is 9.47 Å². The van der Waals surface area contributed by atoms with Crippen LogP contribution in [0, 0.1) is 0 Å². The molecule has 32 heavy (non-hydrogen) atoms. The number of pyridine rings is 1. The van der Waals surface area contributed by atoms with Crippen molar-refractivity contribution in [1.29, 1.82) is 0 Å². The van der Waals surface area contributed by atoms with Gasteiger partial charge in [-0.1, -0.05) is 6.07 Å². The number of hydrogen-bond donors (Lipinski definition) is 2. The summed E-state index contributed by atoms with van der Waals surface area (Å²) in [6, 6.07) is 2.35. The maximum absolute atomic E-state index is 12.7. The highest BCUT2D eigenvalue weighted by atomic mass is 32.2. The number of ether oxygens (including phenoxy) is 2. The third kappa shape index (κ3) is 6.40. The molecule has 8 nitrogen and oxygen atoms in total. The highest BCUT2D eigenvalue weighted by Crippen LogP contribution is 2.37. The van der Waals surface area contributed by atoms with Crippen LogP contribution in [0.1, 0.15) is 50.0 Å². The van der Waals surface area contributed by atoms with Crippen molar-refractivity contribution in [3.8, 4) is 5.88 Å². The Morgan fingerprint density at radius 3 is 2.66 bits per heavy atom. The average molecular weight is 480 g/mol. The lowest BCUT2D eigenvalue weighted by Gasteiger charge is -2.35. The predicted molar refractivity (Wildman–Crippen MR) is 110 cm³/mol. The van der Waals surface area contributed by atoms with Crippen molar-refractivity contribution >= 4 is 16.3 Å². The van der Waals surface area contributed by atoms with Gasteiger partial charge in [0, 0.05) is 23.8 Å². The van der Waals surface area contributed by atoms with Crippen molar-refractivity contribution in [2.24, 2.45) is 0 Å². The third-order valence-electron chi connectivity index (χ3n) is 5.91. The molecule has 12 heteroatoms. The Labute approximate surface area is 185 Å². The number of aldehydes is 1. The molecule has 1 saturated heterocycles. The van der Waals surface area contributed by atoms with Crippen LogP contribution in [0.2, 0.25) is 0 Å². The van der Waals surface area contributed by atoms with Crippen LogP contribution in [0.4, 0.5) is 13.2 Å². The van der Waals surface area contributed by atoms with Crippen LogP contribution in [-0.2, 0) is 19.6 Å². The van der Waals surface area contributed by atoms with Gasteiger partial charge in [0.25, 0.3) is 0 Å². The Balaban J connectivity index is 1.51. The maximum Gasteiger partial charge on any atom is 0.511 e. The quantitative estimate of drug-likeness (QED) is 0.524. The molecule has 2 heterocycles. The minimum atomic E-state index is -5.41. The largest absolute Gasteiger partial charge is 0.511 e. The van der Waals surface area contributed by atoms with E-state index in [1.807, 2.05) is 12.1 Å². The Kier molecular flexibility index (Phi) is 8.48. The Bertz CT molecular complexity index is 860. The molecule has 2 N–H and O–H groups in total. The summed E-state index contributed by atoms with van der Waals surface area (Å²) in [6.45, 7) is 0.659. The fourth-order valence-corrected chi connectivity index (χ4v) is 5.08. The Morgan fingerprint density at radius 2 is 1.97 bits per heavy atom. The number of carbonyl (C=O) groups is 1. The molecule has 2 fully saturated rings. The van der Waals surface area contributed by atoms with Gasteiger partial charge in [-0.15, -0.1) is 0 Å². The van der Waals surface area contributed by atoms with E-state index in [1.165, 1.54) is 0 Å². The molecule has 0 aromatic carbocycles. The molecule has 0 radical (unpaired) electrons. The molecule has 1 saturated carbocycles. The molecule has 1 aromatic rings. The summed E-state index contributed by atoms with van der Waals surface area (Å²) in [7, 11) is -5.41. The highest BCUT2D eigenvalue weighted by Gasteiger charge is 2.47. The van der Waals surface area contributed by atoms with Gasteiger partial charge in [-0.2, -0.15) is 13.2 Å². The number of hydrogen-bond acceptors (Lipinski definition) is 7.